The lowest BCUT2D eigenvalue weighted by Gasteiger charge is -2.05. The van der Waals surface area contributed by atoms with Gasteiger partial charge in [0, 0.05) is 6.07 Å². The minimum Gasteiger partial charge on any atom is -0.443 e. The minimum absolute atomic E-state index is 0.106. The molecule has 0 amide bonds. The maximum absolute atomic E-state index is 11.9. The van der Waals surface area contributed by atoms with Crippen LogP contribution in [0.4, 0.5) is 0 Å². The zero-order valence-electron chi connectivity index (χ0n) is 9.86. The molecule has 0 spiro atoms. The van der Waals surface area contributed by atoms with Gasteiger partial charge in [0.2, 0.25) is 14.9 Å². The Hall–Kier alpha value is -1.14. The Balaban J connectivity index is 2.91. The molecule has 0 bridgehead atoms. The number of hydrogen-bond acceptors (Lipinski definition) is 4. The topological polar surface area (TPSA) is 64.3 Å². The molecule has 2 aromatic rings. The highest BCUT2D eigenvalue weighted by atomic mass is 79.9. The Morgan fingerprint density at radius 3 is 2.56 bits per heavy atom. The first-order chi connectivity index (χ1) is 8.35. The molecule has 1 aromatic carbocycles. The third-order valence-electron chi connectivity index (χ3n) is 2.59. The number of aryl methyl sites for hydroxylation is 1. The molecule has 0 fully saturated rings. The maximum atomic E-state index is 11.9. The van der Waals surface area contributed by atoms with Crippen LogP contribution >= 0.6 is 15.9 Å². The van der Waals surface area contributed by atoms with Gasteiger partial charge in [-0.25, -0.2) is 8.42 Å². The highest BCUT2D eigenvalue weighted by Crippen LogP contribution is 2.26. The second-order valence-corrected chi connectivity index (χ2v) is 7.02. The quantitative estimate of drug-likeness (QED) is 0.849. The molecule has 18 heavy (non-hydrogen) atoms. The first-order valence-corrected chi connectivity index (χ1v) is 7.76. The van der Waals surface area contributed by atoms with Crippen molar-refractivity contribution in [1.29, 1.82) is 0 Å². The fourth-order valence-electron chi connectivity index (χ4n) is 1.63. The van der Waals surface area contributed by atoms with Crippen LogP contribution in [0.3, 0.4) is 0 Å². The molecule has 0 aliphatic heterocycles. The molecule has 0 aliphatic carbocycles. The highest BCUT2D eigenvalue weighted by Gasteiger charge is 2.18. The average Bonchev–Trinajstić information content (AvgIpc) is 2.30. The molecule has 96 valence electrons. The third-order valence-corrected chi connectivity index (χ3v) is 4.75. The van der Waals surface area contributed by atoms with Gasteiger partial charge in [-0.15, -0.1) is 0 Å². The predicted molar refractivity (Wildman–Crippen MR) is 72.6 cm³/mol. The van der Waals surface area contributed by atoms with Crippen molar-refractivity contribution in [3.63, 3.8) is 0 Å². The van der Waals surface area contributed by atoms with Crippen LogP contribution in [0.1, 0.15) is 12.5 Å². The van der Waals surface area contributed by atoms with E-state index < -0.39 is 9.84 Å². The fraction of sp³-hybridized carbons (Fsp3) is 0.250. The lowest BCUT2D eigenvalue weighted by atomic mass is 10.1. The van der Waals surface area contributed by atoms with Crippen LogP contribution in [0.5, 0.6) is 0 Å². The summed E-state index contributed by atoms with van der Waals surface area (Å²) in [4.78, 5) is 11.9. The lowest BCUT2D eigenvalue weighted by Crippen LogP contribution is -2.09. The van der Waals surface area contributed by atoms with Crippen LogP contribution in [0, 0.1) is 6.92 Å². The Bertz CT molecular complexity index is 774. The smallest absolute Gasteiger partial charge is 0.222 e. The summed E-state index contributed by atoms with van der Waals surface area (Å²) in [6.07, 6.45) is 0. The minimum atomic E-state index is -3.53. The number of rotatable bonds is 2. The molecule has 0 radical (unpaired) electrons. The maximum Gasteiger partial charge on any atom is 0.222 e. The van der Waals surface area contributed by atoms with Gasteiger partial charge in [-0.3, -0.25) is 4.79 Å². The van der Waals surface area contributed by atoms with Gasteiger partial charge in [0.05, 0.1) is 15.6 Å². The van der Waals surface area contributed by atoms with Gasteiger partial charge in [-0.05, 0) is 40.5 Å². The van der Waals surface area contributed by atoms with Crippen molar-refractivity contribution in [1.82, 2.24) is 0 Å². The Labute approximate surface area is 113 Å². The summed E-state index contributed by atoms with van der Waals surface area (Å²) in [6, 6.07) is 4.48. The molecule has 0 saturated carbocycles. The molecule has 0 saturated heterocycles. The van der Waals surface area contributed by atoms with Crippen molar-refractivity contribution in [2.75, 3.05) is 5.75 Å². The molecule has 0 atom stereocenters. The van der Waals surface area contributed by atoms with E-state index in [9.17, 15) is 13.2 Å². The molecule has 0 unspecified atom stereocenters. The van der Waals surface area contributed by atoms with E-state index in [0.29, 0.717) is 9.86 Å². The first-order valence-electron chi connectivity index (χ1n) is 5.32. The zero-order valence-corrected chi connectivity index (χ0v) is 12.3. The SMILES string of the molecule is CCS(=O)(=O)c1cc(=O)c2cc(C)cc(Br)c2o1. The summed E-state index contributed by atoms with van der Waals surface area (Å²) in [7, 11) is -3.53. The van der Waals surface area contributed by atoms with Crippen molar-refractivity contribution in [3.8, 4) is 0 Å². The van der Waals surface area contributed by atoms with E-state index >= 15 is 0 Å². The van der Waals surface area contributed by atoms with Crippen molar-refractivity contribution in [2.24, 2.45) is 0 Å². The van der Waals surface area contributed by atoms with Crippen LogP contribution in [0.15, 0.2) is 37.0 Å². The van der Waals surface area contributed by atoms with Crippen LogP contribution in [0.2, 0.25) is 0 Å². The standard InChI is InChI=1S/C12H11BrO4S/c1-3-18(15,16)11-6-10(14)8-4-7(2)5-9(13)12(8)17-11/h4-6H,3H2,1-2H3. The number of hydrogen-bond donors (Lipinski definition) is 0. The molecule has 2 rings (SSSR count). The number of sulfone groups is 1. The summed E-state index contributed by atoms with van der Waals surface area (Å²) in [5, 5.41) is 0.0870. The van der Waals surface area contributed by atoms with Crippen molar-refractivity contribution >= 4 is 36.7 Å². The summed E-state index contributed by atoms with van der Waals surface area (Å²) < 4.78 is 29.4. The second-order valence-electron chi connectivity index (χ2n) is 3.96. The number of halogens is 1. The Kier molecular flexibility index (Phi) is 3.33. The monoisotopic (exact) mass is 330 g/mol. The molecule has 1 aromatic heterocycles. The normalized spacial score (nSPS) is 11.9. The molecule has 0 aliphatic rings. The number of fused-ring (bicyclic) bond motifs is 1. The molecular weight excluding hydrogens is 320 g/mol. The zero-order chi connectivity index (χ0) is 13.5. The van der Waals surface area contributed by atoms with Crippen molar-refractivity contribution < 1.29 is 12.8 Å². The van der Waals surface area contributed by atoms with E-state index in [1.54, 1.807) is 12.1 Å². The van der Waals surface area contributed by atoms with Crippen LogP contribution < -0.4 is 5.43 Å². The van der Waals surface area contributed by atoms with Crippen molar-refractivity contribution in [3.05, 3.63) is 38.5 Å². The van der Waals surface area contributed by atoms with Gasteiger partial charge in [-0.1, -0.05) is 6.92 Å². The van der Waals surface area contributed by atoms with E-state index in [1.165, 1.54) is 6.92 Å². The van der Waals surface area contributed by atoms with Crippen LogP contribution in [0.25, 0.3) is 11.0 Å². The second kappa shape index (κ2) is 4.51. The predicted octanol–water partition coefficient (Wildman–Crippen LogP) is 2.66. The van der Waals surface area contributed by atoms with Gasteiger partial charge < -0.3 is 4.42 Å². The first kappa shape index (κ1) is 13.3. The summed E-state index contributed by atoms with van der Waals surface area (Å²) in [6.45, 7) is 3.35. The van der Waals surface area contributed by atoms with Crippen LogP contribution in [-0.4, -0.2) is 14.2 Å². The van der Waals surface area contributed by atoms with E-state index in [2.05, 4.69) is 15.9 Å². The summed E-state index contributed by atoms with van der Waals surface area (Å²) in [5.74, 6) is -0.106. The summed E-state index contributed by atoms with van der Waals surface area (Å²) in [5.41, 5.74) is 0.806. The highest BCUT2D eigenvalue weighted by molar-refractivity contribution is 9.10. The van der Waals surface area contributed by atoms with Gasteiger partial charge in [0.25, 0.3) is 0 Å². The van der Waals surface area contributed by atoms with Gasteiger partial charge >= 0.3 is 0 Å². The largest absolute Gasteiger partial charge is 0.443 e. The molecule has 1 heterocycles. The van der Waals surface area contributed by atoms with Crippen LogP contribution in [-0.2, 0) is 9.84 Å². The Morgan fingerprint density at radius 2 is 1.94 bits per heavy atom. The fourth-order valence-corrected chi connectivity index (χ4v) is 3.06. The lowest BCUT2D eigenvalue weighted by molar-refractivity contribution is 0.468. The van der Waals surface area contributed by atoms with Gasteiger partial charge in [0.1, 0.15) is 0 Å². The van der Waals surface area contributed by atoms with E-state index in [0.717, 1.165) is 11.6 Å². The van der Waals surface area contributed by atoms with E-state index in [-0.39, 0.29) is 21.9 Å². The third kappa shape index (κ3) is 2.22. The molecule has 0 N–H and O–H groups in total. The summed E-state index contributed by atoms with van der Waals surface area (Å²) >= 11 is 3.28. The Morgan fingerprint density at radius 1 is 1.28 bits per heavy atom. The average molecular weight is 331 g/mol. The van der Waals surface area contributed by atoms with Gasteiger partial charge in [0.15, 0.2) is 11.0 Å². The molecular formula is C12H11BrO4S. The molecule has 6 heteroatoms. The van der Waals surface area contributed by atoms with Gasteiger partial charge in [-0.2, -0.15) is 0 Å². The van der Waals surface area contributed by atoms with E-state index in [1.807, 2.05) is 6.92 Å². The van der Waals surface area contributed by atoms with E-state index in [4.69, 9.17) is 4.42 Å². The van der Waals surface area contributed by atoms with Crippen molar-refractivity contribution in [2.45, 2.75) is 18.9 Å². The number of benzene rings is 1. The molecule has 4 nitrogen and oxygen atoms in total.